The zero-order valence-corrected chi connectivity index (χ0v) is 10.9. The fraction of sp³-hybridized carbons (Fsp3) is 0.231. The smallest absolute Gasteiger partial charge is 0.239 e. The number of hydrogen-bond donors (Lipinski definition) is 2. The van der Waals surface area contributed by atoms with Gasteiger partial charge in [0.2, 0.25) is 5.95 Å². The number of nitrogens with one attached hydrogen (secondary N) is 1. The minimum Gasteiger partial charge on any atom is -0.353 e. The Morgan fingerprint density at radius 2 is 2.11 bits per heavy atom. The lowest BCUT2D eigenvalue weighted by Gasteiger charge is -2.20. The highest BCUT2D eigenvalue weighted by Gasteiger charge is 2.12. The van der Waals surface area contributed by atoms with Crippen LogP contribution in [0.5, 0.6) is 0 Å². The van der Waals surface area contributed by atoms with Crippen molar-refractivity contribution in [1.82, 2.24) is 9.97 Å². The Morgan fingerprint density at radius 3 is 2.79 bits per heavy atom. The van der Waals surface area contributed by atoms with Crippen molar-refractivity contribution in [3.63, 3.8) is 0 Å². The fourth-order valence-corrected chi connectivity index (χ4v) is 1.81. The second-order valence-corrected chi connectivity index (χ2v) is 4.29. The highest BCUT2D eigenvalue weighted by Crippen LogP contribution is 2.19. The first kappa shape index (κ1) is 13.2. The molecule has 1 aromatic carbocycles. The van der Waals surface area contributed by atoms with Crippen LogP contribution in [0, 0.1) is 12.7 Å². The number of aryl methyl sites for hydroxylation is 1. The van der Waals surface area contributed by atoms with Crippen molar-refractivity contribution >= 4 is 11.8 Å². The second kappa shape index (κ2) is 5.62. The van der Waals surface area contributed by atoms with Gasteiger partial charge in [-0.05, 0) is 18.1 Å². The summed E-state index contributed by atoms with van der Waals surface area (Å²) in [5.41, 5.74) is 4.58. The lowest BCUT2D eigenvalue weighted by Crippen LogP contribution is -2.21. The van der Waals surface area contributed by atoms with E-state index in [4.69, 9.17) is 5.84 Å². The van der Waals surface area contributed by atoms with E-state index in [9.17, 15) is 4.39 Å². The molecule has 0 saturated heterocycles. The van der Waals surface area contributed by atoms with Crippen molar-refractivity contribution in [3.8, 4) is 0 Å². The van der Waals surface area contributed by atoms with Crippen LogP contribution in [-0.4, -0.2) is 17.0 Å². The van der Waals surface area contributed by atoms with Crippen molar-refractivity contribution < 1.29 is 4.39 Å². The molecule has 6 heteroatoms. The second-order valence-electron chi connectivity index (χ2n) is 4.29. The van der Waals surface area contributed by atoms with Gasteiger partial charge in [-0.2, -0.15) is 4.98 Å². The van der Waals surface area contributed by atoms with Gasteiger partial charge < -0.3 is 4.90 Å². The third-order valence-corrected chi connectivity index (χ3v) is 2.89. The topological polar surface area (TPSA) is 67.1 Å². The van der Waals surface area contributed by atoms with E-state index in [2.05, 4.69) is 15.4 Å². The van der Waals surface area contributed by atoms with Gasteiger partial charge in [0.25, 0.3) is 0 Å². The molecule has 0 aliphatic carbocycles. The van der Waals surface area contributed by atoms with Crippen molar-refractivity contribution in [1.29, 1.82) is 0 Å². The molecule has 0 unspecified atom stereocenters. The number of hydrogen-bond acceptors (Lipinski definition) is 5. The normalized spacial score (nSPS) is 10.3. The number of nitrogen functional groups attached to an aromatic ring is 1. The van der Waals surface area contributed by atoms with E-state index in [1.54, 1.807) is 11.9 Å². The van der Waals surface area contributed by atoms with Crippen molar-refractivity contribution in [2.24, 2.45) is 5.84 Å². The average molecular weight is 261 g/mol. The molecule has 19 heavy (non-hydrogen) atoms. The van der Waals surface area contributed by atoms with E-state index in [0.29, 0.717) is 6.54 Å². The maximum absolute atomic E-state index is 13.7. The predicted molar refractivity (Wildman–Crippen MR) is 73.1 cm³/mol. The molecular weight excluding hydrogens is 245 g/mol. The summed E-state index contributed by atoms with van der Waals surface area (Å²) in [6.07, 6.45) is 1.10. The van der Waals surface area contributed by atoms with E-state index in [-0.39, 0.29) is 11.8 Å². The number of hydrazine groups is 1. The number of benzene rings is 1. The number of rotatable bonds is 4. The van der Waals surface area contributed by atoms with Crippen LogP contribution in [0.3, 0.4) is 0 Å². The van der Waals surface area contributed by atoms with E-state index < -0.39 is 5.82 Å². The number of halogens is 1. The Morgan fingerprint density at radius 1 is 1.37 bits per heavy atom. The third kappa shape index (κ3) is 2.97. The van der Waals surface area contributed by atoms with Gasteiger partial charge in [-0.15, -0.1) is 0 Å². The summed E-state index contributed by atoms with van der Waals surface area (Å²) in [6, 6.07) is 7.96. The standard InChI is InChI=1S/C13H16FN5/c1-9-5-3-4-6-10(9)8-19(2)12-11(14)7-16-13(17-12)18-15/h3-7H,8,15H2,1-2H3,(H,16,17,18). The van der Waals surface area contributed by atoms with Crippen LogP contribution in [0.1, 0.15) is 11.1 Å². The average Bonchev–Trinajstić information content (AvgIpc) is 2.42. The third-order valence-electron chi connectivity index (χ3n) is 2.89. The molecule has 0 radical (unpaired) electrons. The van der Waals surface area contributed by atoms with Crippen LogP contribution in [0.2, 0.25) is 0 Å². The van der Waals surface area contributed by atoms with Crippen LogP contribution in [0.25, 0.3) is 0 Å². The van der Waals surface area contributed by atoms with Gasteiger partial charge in [-0.3, -0.25) is 5.43 Å². The predicted octanol–water partition coefficient (Wildman–Crippen LogP) is 1.85. The molecular formula is C13H16FN5. The SMILES string of the molecule is Cc1ccccc1CN(C)c1nc(NN)ncc1F. The minimum atomic E-state index is -0.477. The van der Waals surface area contributed by atoms with E-state index in [1.807, 2.05) is 31.2 Å². The molecule has 0 aliphatic rings. The fourth-order valence-electron chi connectivity index (χ4n) is 1.81. The van der Waals surface area contributed by atoms with Gasteiger partial charge in [-0.25, -0.2) is 15.2 Å². The lowest BCUT2D eigenvalue weighted by molar-refractivity contribution is 0.607. The first-order valence-corrected chi connectivity index (χ1v) is 5.86. The summed E-state index contributed by atoms with van der Waals surface area (Å²) in [4.78, 5) is 9.46. The molecule has 2 rings (SSSR count). The molecule has 1 heterocycles. The first-order chi connectivity index (χ1) is 9.11. The largest absolute Gasteiger partial charge is 0.353 e. The van der Waals surface area contributed by atoms with Crippen molar-refractivity contribution in [3.05, 3.63) is 47.4 Å². The summed E-state index contributed by atoms with van der Waals surface area (Å²) in [5, 5.41) is 0. The number of nitrogens with two attached hydrogens (primary N) is 1. The monoisotopic (exact) mass is 261 g/mol. The molecule has 100 valence electrons. The summed E-state index contributed by atoms with van der Waals surface area (Å²) in [5.74, 6) is 5.15. The molecule has 2 aromatic rings. The van der Waals surface area contributed by atoms with Crippen LogP contribution in [0.15, 0.2) is 30.5 Å². The van der Waals surface area contributed by atoms with Gasteiger partial charge >= 0.3 is 0 Å². The Balaban J connectivity index is 2.25. The van der Waals surface area contributed by atoms with E-state index in [0.717, 1.165) is 17.3 Å². The van der Waals surface area contributed by atoms with Gasteiger partial charge in [0.05, 0.1) is 6.20 Å². The zero-order chi connectivity index (χ0) is 13.8. The molecule has 5 nitrogen and oxygen atoms in total. The highest BCUT2D eigenvalue weighted by atomic mass is 19.1. The Kier molecular flexibility index (Phi) is 3.91. The molecule has 0 aliphatic heterocycles. The maximum Gasteiger partial charge on any atom is 0.239 e. The maximum atomic E-state index is 13.7. The van der Waals surface area contributed by atoms with Crippen LogP contribution >= 0.6 is 0 Å². The van der Waals surface area contributed by atoms with Crippen molar-refractivity contribution in [2.75, 3.05) is 17.4 Å². The molecule has 0 fully saturated rings. The van der Waals surface area contributed by atoms with Crippen LogP contribution in [0.4, 0.5) is 16.2 Å². The summed E-state index contributed by atoms with van der Waals surface area (Å²) >= 11 is 0. The molecule has 1 aromatic heterocycles. The summed E-state index contributed by atoms with van der Waals surface area (Å²) in [7, 11) is 1.78. The number of aromatic nitrogens is 2. The molecule has 0 atom stereocenters. The van der Waals surface area contributed by atoms with Gasteiger partial charge in [0, 0.05) is 13.6 Å². The van der Waals surface area contributed by atoms with E-state index in [1.165, 1.54) is 0 Å². The quantitative estimate of drug-likeness (QED) is 0.649. The molecule has 0 bridgehead atoms. The van der Waals surface area contributed by atoms with E-state index >= 15 is 0 Å². The molecule has 0 spiro atoms. The lowest BCUT2D eigenvalue weighted by atomic mass is 10.1. The first-order valence-electron chi connectivity index (χ1n) is 5.86. The van der Waals surface area contributed by atoms with Crippen LogP contribution in [-0.2, 0) is 6.54 Å². The number of nitrogens with zero attached hydrogens (tertiary/aromatic N) is 3. The molecule has 0 saturated carbocycles. The van der Waals surface area contributed by atoms with Gasteiger partial charge in [0.15, 0.2) is 11.6 Å². The Labute approximate surface area is 111 Å². The summed E-state index contributed by atoms with van der Waals surface area (Å²) < 4.78 is 13.7. The van der Waals surface area contributed by atoms with Gasteiger partial charge in [0.1, 0.15) is 0 Å². The number of anilines is 2. The molecule has 3 N–H and O–H groups in total. The zero-order valence-electron chi connectivity index (χ0n) is 10.9. The summed E-state index contributed by atoms with van der Waals surface area (Å²) in [6.45, 7) is 2.58. The van der Waals surface area contributed by atoms with Gasteiger partial charge in [-0.1, -0.05) is 24.3 Å². The molecule has 0 amide bonds. The minimum absolute atomic E-state index is 0.188. The Hall–Kier alpha value is -2.21. The van der Waals surface area contributed by atoms with Crippen LogP contribution < -0.4 is 16.2 Å². The highest BCUT2D eigenvalue weighted by molar-refractivity contribution is 5.44. The Bertz CT molecular complexity index is 573. The van der Waals surface area contributed by atoms with Crippen molar-refractivity contribution in [2.45, 2.75) is 13.5 Å².